The minimum atomic E-state index is -0.0611. The van der Waals surface area contributed by atoms with Crippen molar-refractivity contribution in [3.05, 3.63) is 83.2 Å². The van der Waals surface area contributed by atoms with Gasteiger partial charge in [0.05, 0.1) is 17.6 Å². The van der Waals surface area contributed by atoms with E-state index in [0.29, 0.717) is 23.9 Å². The first-order chi connectivity index (χ1) is 14.6. The van der Waals surface area contributed by atoms with Crippen molar-refractivity contribution < 1.29 is 4.79 Å². The lowest BCUT2D eigenvalue weighted by Gasteiger charge is -2.25. The van der Waals surface area contributed by atoms with E-state index in [9.17, 15) is 4.79 Å². The molecule has 0 saturated carbocycles. The number of hydrogen-bond donors (Lipinski definition) is 1. The van der Waals surface area contributed by atoms with E-state index in [4.69, 9.17) is 0 Å². The molecule has 0 saturated heterocycles. The average Bonchev–Trinajstić information content (AvgIpc) is 3.10. The first kappa shape index (κ1) is 18.2. The zero-order valence-corrected chi connectivity index (χ0v) is 16.7. The molecule has 0 radical (unpaired) electrons. The summed E-state index contributed by atoms with van der Waals surface area (Å²) >= 11 is 0. The van der Waals surface area contributed by atoms with E-state index < -0.39 is 0 Å². The quantitative estimate of drug-likeness (QED) is 0.569. The van der Waals surface area contributed by atoms with Gasteiger partial charge in [0.2, 0.25) is 5.91 Å². The second-order valence-electron chi connectivity index (χ2n) is 7.43. The van der Waals surface area contributed by atoms with Crippen LogP contribution in [-0.2, 0) is 4.79 Å². The molecule has 3 heterocycles. The Bertz CT molecular complexity index is 1250. The van der Waals surface area contributed by atoms with Crippen LogP contribution in [0.1, 0.15) is 34.7 Å². The van der Waals surface area contributed by atoms with Gasteiger partial charge in [-0.25, -0.2) is 4.98 Å². The number of nitrogens with one attached hydrogen (secondary N) is 1. The number of aromatic nitrogens is 5. The third-order valence-electron chi connectivity index (χ3n) is 5.47. The molecular weight excluding hydrogens is 376 g/mol. The number of carbonyl (C=O) groups excluding carboxylic acids is 1. The fraction of sp³-hybridized carbons (Fsp3) is 0.174. The van der Waals surface area contributed by atoms with Crippen LogP contribution in [0.15, 0.2) is 60.8 Å². The van der Waals surface area contributed by atoms with Gasteiger partial charge in [0.25, 0.3) is 5.95 Å². The van der Waals surface area contributed by atoms with Crippen molar-refractivity contribution in [2.45, 2.75) is 26.2 Å². The van der Waals surface area contributed by atoms with Crippen LogP contribution in [0.5, 0.6) is 0 Å². The fourth-order valence-corrected chi connectivity index (χ4v) is 4.07. The number of carbonyl (C=O) groups is 1. The van der Waals surface area contributed by atoms with Crippen LogP contribution in [0, 0.1) is 13.8 Å². The summed E-state index contributed by atoms with van der Waals surface area (Å²) in [7, 11) is 0. The highest BCUT2D eigenvalue weighted by atomic mass is 16.1. The molecule has 5 rings (SSSR count). The Morgan fingerprint density at radius 1 is 1.03 bits per heavy atom. The van der Waals surface area contributed by atoms with Gasteiger partial charge in [0.15, 0.2) is 0 Å². The van der Waals surface area contributed by atoms with Gasteiger partial charge in [-0.3, -0.25) is 4.79 Å². The lowest BCUT2D eigenvalue weighted by atomic mass is 9.84. The van der Waals surface area contributed by atoms with E-state index in [-0.39, 0.29) is 11.8 Å². The van der Waals surface area contributed by atoms with E-state index in [1.807, 2.05) is 49.4 Å². The lowest BCUT2D eigenvalue weighted by Crippen LogP contribution is -2.25. The molecule has 1 atom stereocenters. The third kappa shape index (κ3) is 3.04. The Morgan fingerprint density at radius 2 is 1.80 bits per heavy atom. The SMILES string of the molecule is Cc1ccccc1[C@@H]1CC(=O)Nc2c1c(C)nn2-c1nncc(-c2ccccc2)n1. The molecule has 4 aromatic rings. The van der Waals surface area contributed by atoms with Crippen LogP contribution in [0.4, 0.5) is 5.82 Å². The minimum absolute atomic E-state index is 0.0518. The van der Waals surface area contributed by atoms with E-state index in [1.165, 1.54) is 0 Å². The molecule has 0 unspecified atom stereocenters. The molecule has 1 aliphatic heterocycles. The lowest BCUT2D eigenvalue weighted by molar-refractivity contribution is -0.116. The van der Waals surface area contributed by atoms with E-state index in [2.05, 4.69) is 44.7 Å². The van der Waals surface area contributed by atoms with Gasteiger partial charge in [-0.2, -0.15) is 14.9 Å². The Kier molecular flexibility index (Phi) is 4.35. The normalized spacial score (nSPS) is 15.5. The van der Waals surface area contributed by atoms with Crippen LogP contribution in [0.3, 0.4) is 0 Å². The maximum Gasteiger partial charge on any atom is 0.272 e. The molecule has 2 aromatic carbocycles. The van der Waals surface area contributed by atoms with Crippen molar-refractivity contribution in [2.24, 2.45) is 0 Å². The minimum Gasteiger partial charge on any atom is -0.310 e. The standard InChI is InChI=1S/C23H20N6O/c1-14-8-6-7-11-17(14)18-12-20(30)26-22-21(18)15(2)28-29(22)23-25-19(13-24-27-23)16-9-4-3-5-10-16/h3-11,13,18H,12H2,1-2H3,(H,26,30)/t18-/m0/s1. The molecule has 7 nitrogen and oxygen atoms in total. The van der Waals surface area contributed by atoms with Gasteiger partial charge in [0, 0.05) is 23.5 Å². The number of hydrogen-bond acceptors (Lipinski definition) is 5. The number of nitrogens with zero attached hydrogens (tertiary/aromatic N) is 5. The summed E-state index contributed by atoms with van der Waals surface area (Å²) in [4.78, 5) is 17.2. The summed E-state index contributed by atoms with van der Waals surface area (Å²) in [5, 5.41) is 16.0. The zero-order valence-electron chi connectivity index (χ0n) is 16.7. The van der Waals surface area contributed by atoms with Crippen LogP contribution < -0.4 is 5.32 Å². The molecule has 0 fully saturated rings. The van der Waals surface area contributed by atoms with Crippen molar-refractivity contribution in [1.82, 2.24) is 25.0 Å². The number of anilines is 1. The van der Waals surface area contributed by atoms with Crippen LogP contribution in [0.2, 0.25) is 0 Å². The number of aryl methyl sites for hydroxylation is 2. The van der Waals surface area contributed by atoms with Crippen LogP contribution in [0.25, 0.3) is 17.2 Å². The fourth-order valence-electron chi connectivity index (χ4n) is 4.07. The smallest absolute Gasteiger partial charge is 0.272 e. The number of rotatable bonds is 3. The zero-order chi connectivity index (χ0) is 20.7. The van der Waals surface area contributed by atoms with E-state index in [1.54, 1.807) is 10.9 Å². The molecule has 148 valence electrons. The second kappa shape index (κ2) is 7.18. The summed E-state index contributed by atoms with van der Waals surface area (Å²) in [6, 6.07) is 17.9. The third-order valence-corrected chi connectivity index (χ3v) is 5.47. The Hall–Kier alpha value is -3.87. The monoisotopic (exact) mass is 396 g/mol. The molecule has 2 aromatic heterocycles. The predicted octanol–water partition coefficient (Wildman–Crippen LogP) is 3.82. The summed E-state index contributed by atoms with van der Waals surface area (Å²) in [6.07, 6.45) is 2.00. The van der Waals surface area contributed by atoms with E-state index in [0.717, 1.165) is 27.9 Å². The number of amides is 1. The average molecular weight is 396 g/mol. The van der Waals surface area contributed by atoms with Gasteiger partial charge in [0.1, 0.15) is 5.82 Å². The van der Waals surface area contributed by atoms with Gasteiger partial charge < -0.3 is 5.32 Å². The van der Waals surface area contributed by atoms with Gasteiger partial charge in [-0.15, -0.1) is 5.10 Å². The maximum atomic E-state index is 12.6. The van der Waals surface area contributed by atoms with Crippen molar-refractivity contribution in [3.63, 3.8) is 0 Å². The number of fused-ring (bicyclic) bond motifs is 1. The molecule has 1 amide bonds. The van der Waals surface area contributed by atoms with Gasteiger partial charge in [-0.05, 0) is 25.0 Å². The Morgan fingerprint density at radius 3 is 2.60 bits per heavy atom. The van der Waals surface area contributed by atoms with E-state index >= 15 is 0 Å². The first-order valence-electron chi connectivity index (χ1n) is 9.82. The van der Waals surface area contributed by atoms with Crippen molar-refractivity contribution in [2.75, 3.05) is 5.32 Å². The molecule has 0 spiro atoms. The molecule has 30 heavy (non-hydrogen) atoms. The number of benzene rings is 2. The molecule has 1 N–H and O–H groups in total. The van der Waals surface area contributed by atoms with Crippen LogP contribution in [-0.4, -0.2) is 30.9 Å². The molecule has 0 bridgehead atoms. The highest BCUT2D eigenvalue weighted by Crippen LogP contribution is 2.40. The van der Waals surface area contributed by atoms with Gasteiger partial charge >= 0.3 is 0 Å². The highest BCUT2D eigenvalue weighted by Gasteiger charge is 2.33. The van der Waals surface area contributed by atoms with Gasteiger partial charge in [-0.1, -0.05) is 54.6 Å². The second-order valence-corrected chi connectivity index (χ2v) is 7.43. The van der Waals surface area contributed by atoms with Crippen LogP contribution >= 0.6 is 0 Å². The molecular formula is C23H20N6O. The first-order valence-corrected chi connectivity index (χ1v) is 9.82. The topological polar surface area (TPSA) is 85.6 Å². The Labute approximate surface area is 173 Å². The largest absolute Gasteiger partial charge is 0.310 e. The van der Waals surface area contributed by atoms with Crippen molar-refractivity contribution >= 4 is 11.7 Å². The molecule has 0 aliphatic carbocycles. The maximum absolute atomic E-state index is 12.6. The highest BCUT2D eigenvalue weighted by molar-refractivity contribution is 5.95. The predicted molar refractivity (Wildman–Crippen MR) is 113 cm³/mol. The summed E-state index contributed by atoms with van der Waals surface area (Å²) < 4.78 is 1.59. The Balaban J connectivity index is 1.64. The van der Waals surface area contributed by atoms with Crippen molar-refractivity contribution in [3.8, 4) is 17.2 Å². The summed E-state index contributed by atoms with van der Waals surface area (Å²) in [5.41, 5.74) is 5.76. The van der Waals surface area contributed by atoms with Crippen molar-refractivity contribution in [1.29, 1.82) is 0 Å². The summed E-state index contributed by atoms with van der Waals surface area (Å²) in [5.74, 6) is 0.827. The summed E-state index contributed by atoms with van der Waals surface area (Å²) in [6.45, 7) is 4.02. The molecule has 1 aliphatic rings. The molecule has 7 heteroatoms.